The normalized spacial score (nSPS) is 11.7. The van der Waals surface area contributed by atoms with Crippen LogP contribution in [0.2, 0.25) is 0 Å². The molecule has 0 bridgehead atoms. The molecule has 0 heterocycles. The number of carboxylic acid groups (broad SMARTS) is 1. The molecule has 2 rings (SSSR count). The fourth-order valence-corrected chi connectivity index (χ4v) is 2.81. The number of carbonyl (C=O) groups excluding carboxylic acids is 1. The molecule has 0 aliphatic carbocycles. The number of phenols is 1. The molecule has 10 heteroatoms. The van der Waals surface area contributed by atoms with E-state index in [1.807, 2.05) is 6.07 Å². The molecule has 0 aliphatic rings. The van der Waals surface area contributed by atoms with Crippen LogP contribution < -0.4 is 16.4 Å². The molecular weight excluding hydrogens is 377 g/mol. The summed E-state index contributed by atoms with van der Waals surface area (Å²) >= 11 is 0. The number of para-hydroxylation sites is 1. The van der Waals surface area contributed by atoms with E-state index in [0.717, 1.165) is 5.56 Å². The van der Waals surface area contributed by atoms with E-state index in [9.17, 15) is 24.7 Å². The summed E-state index contributed by atoms with van der Waals surface area (Å²) in [5.41, 5.74) is 6.48. The minimum atomic E-state index is -1.92. The summed E-state index contributed by atoms with van der Waals surface area (Å²) in [4.78, 5) is 23.7. The SMILES string of the molecule is NCCNCc1cccc(C(=O)N[C@@H](Cc2cccc(C(=O)O)c2O)B(O)O)c1. The molecule has 0 aromatic heterocycles. The smallest absolute Gasteiger partial charge is 0.475 e. The van der Waals surface area contributed by atoms with Crippen LogP contribution in [0.25, 0.3) is 0 Å². The first-order chi connectivity index (χ1) is 13.8. The van der Waals surface area contributed by atoms with Crippen molar-refractivity contribution < 1.29 is 29.9 Å². The highest BCUT2D eigenvalue weighted by atomic mass is 16.4. The fourth-order valence-electron chi connectivity index (χ4n) is 2.81. The van der Waals surface area contributed by atoms with Crippen molar-refractivity contribution in [3.05, 3.63) is 64.7 Å². The maximum absolute atomic E-state index is 12.6. The molecule has 1 amide bonds. The second-order valence-corrected chi connectivity index (χ2v) is 6.48. The Balaban J connectivity index is 2.13. The number of amides is 1. The van der Waals surface area contributed by atoms with Crippen LogP contribution in [0, 0.1) is 0 Å². The third-order valence-electron chi connectivity index (χ3n) is 4.31. The highest BCUT2D eigenvalue weighted by Crippen LogP contribution is 2.24. The largest absolute Gasteiger partial charge is 0.507 e. The molecule has 2 aromatic rings. The van der Waals surface area contributed by atoms with Gasteiger partial charge in [0.05, 0.1) is 5.94 Å². The molecular formula is C19H24BN3O6. The highest BCUT2D eigenvalue weighted by molar-refractivity contribution is 6.43. The Labute approximate surface area is 168 Å². The number of nitrogens with two attached hydrogens (primary N) is 1. The third kappa shape index (κ3) is 6.29. The van der Waals surface area contributed by atoms with Gasteiger partial charge in [0.15, 0.2) is 0 Å². The summed E-state index contributed by atoms with van der Waals surface area (Å²) < 4.78 is 0. The number of benzene rings is 2. The number of aromatic carboxylic acids is 1. The van der Waals surface area contributed by atoms with Crippen molar-refractivity contribution in [1.29, 1.82) is 0 Å². The molecule has 1 atom stereocenters. The zero-order valence-electron chi connectivity index (χ0n) is 15.7. The van der Waals surface area contributed by atoms with Crippen molar-refractivity contribution in [3.8, 4) is 5.75 Å². The van der Waals surface area contributed by atoms with Crippen LogP contribution in [0.15, 0.2) is 42.5 Å². The summed E-state index contributed by atoms with van der Waals surface area (Å²) in [5, 5.41) is 44.1. The van der Waals surface area contributed by atoms with E-state index in [1.165, 1.54) is 18.2 Å². The van der Waals surface area contributed by atoms with Crippen LogP contribution in [0.4, 0.5) is 0 Å². The van der Waals surface area contributed by atoms with Gasteiger partial charge in [0, 0.05) is 25.2 Å². The van der Waals surface area contributed by atoms with Gasteiger partial charge in [-0.1, -0.05) is 24.3 Å². The minimum Gasteiger partial charge on any atom is -0.507 e. The Morgan fingerprint density at radius 2 is 1.86 bits per heavy atom. The summed E-state index contributed by atoms with van der Waals surface area (Å²) in [5.74, 6) is -3.48. The van der Waals surface area contributed by atoms with E-state index in [4.69, 9.17) is 10.8 Å². The first kappa shape index (κ1) is 22.4. The summed E-state index contributed by atoms with van der Waals surface area (Å²) in [6.45, 7) is 1.65. The number of hydrogen-bond acceptors (Lipinski definition) is 7. The van der Waals surface area contributed by atoms with Crippen molar-refractivity contribution in [3.63, 3.8) is 0 Å². The lowest BCUT2D eigenvalue weighted by Crippen LogP contribution is -2.48. The third-order valence-corrected chi connectivity index (χ3v) is 4.31. The van der Waals surface area contributed by atoms with Crippen molar-refractivity contribution in [2.75, 3.05) is 13.1 Å². The molecule has 0 aliphatic heterocycles. The van der Waals surface area contributed by atoms with Crippen molar-refractivity contribution in [1.82, 2.24) is 10.6 Å². The van der Waals surface area contributed by atoms with Gasteiger partial charge in [-0.3, -0.25) is 4.79 Å². The molecule has 9 nitrogen and oxygen atoms in total. The van der Waals surface area contributed by atoms with E-state index in [1.54, 1.807) is 18.2 Å². The average molecular weight is 401 g/mol. The summed E-state index contributed by atoms with van der Waals surface area (Å²) in [6.07, 6.45) is -0.173. The van der Waals surface area contributed by atoms with Crippen molar-refractivity contribution in [2.24, 2.45) is 5.73 Å². The van der Waals surface area contributed by atoms with Gasteiger partial charge in [-0.05, 0) is 35.7 Å². The minimum absolute atomic E-state index is 0.169. The number of carboxylic acids is 1. The van der Waals surface area contributed by atoms with E-state index < -0.39 is 30.7 Å². The lowest BCUT2D eigenvalue weighted by atomic mass is 9.75. The molecule has 0 radical (unpaired) electrons. The molecule has 0 unspecified atom stereocenters. The van der Waals surface area contributed by atoms with Gasteiger partial charge >= 0.3 is 13.1 Å². The Kier molecular flexibility index (Phi) is 8.16. The van der Waals surface area contributed by atoms with E-state index >= 15 is 0 Å². The molecule has 154 valence electrons. The van der Waals surface area contributed by atoms with Crippen LogP contribution in [-0.4, -0.2) is 58.3 Å². The van der Waals surface area contributed by atoms with Crippen LogP contribution in [0.5, 0.6) is 5.75 Å². The monoisotopic (exact) mass is 401 g/mol. The standard InChI is InChI=1S/C19H24BN3O6/c21-7-8-22-11-12-3-1-5-14(9-12)18(25)23-16(20(28)29)10-13-4-2-6-15(17(13)24)19(26)27/h1-6,9,16,22,24,28-29H,7-8,10-11,21H2,(H,23,25)(H,26,27)/t16-/m0/s1. The van der Waals surface area contributed by atoms with E-state index in [2.05, 4.69) is 10.6 Å². The molecule has 0 saturated heterocycles. The quantitative estimate of drug-likeness (QED) is 0.207. The highest BCUT2D eigenvalue weighted by Gasteiger charge is 2.28. The number of hydrogen-bond donors (Lipinski definition) is 7. The number of rotatable bonds is 10. The Hall–Kier alpha value is -2.92. The lowest BCUT2D eigenvalue weighted by molar-refractivity contribution is 0.0693. The Morgan fingerprint density at radius 1 is 1.14 bits per heavy atom. The molecule has 0 saturated carbocycles. The first-order valence-corrected chi connectivity index (χ1v) is 9.04. The predicted molar refractivity (Wildman–Crippen MR) is 107 cm³/mol. The van der Waals surface area contributed by atoms with Gasteiger partial charge in [0.1, 0.15) is 11.3 Å². The summed E-state index contributed by atoms with van der Waals surface area (Å²) in [7, 11) is -1.92. The average Bonchev–Trinajstić information content (AvgIpc) is 2.69. The molecule has 0 spiro atoms. The second-order valence-electron chi connectivity index (χ2n) is 6.48. The van der Waals surface area contributed by atoms with Crippen LogP contribution in [-0.2, 0) is 13.0 Å². The lowest BCUT2D eigenvalue weighted by Gasteiger charge is -2.19. The summed E-state index contributed by atoms with van der Waals surface area (Å²) in [6, 6.07) is 10.9. The van der Waals surface area contributed by atoms with E-state index in [-0.39, 0.29) is 17.5 Å². The predicted octanol–water partition coefficient (Wildman–Crippen LogP) is -0.508. The van der Waals surface area contributed by atoms with E-state index in [0.29, 0.717) is 25.2 Å². The zero-order chi connectivity index (χ0) is 21.4. The van der Waals surface area contributed by atoms with Crippen molar-refractivity contribution in [2.45, 2.75) is 18.9 Å². The topological polar surface area (TPSA) is 165 Å². The molecule has 8 N–H and O–H groups in total. The van der Waals surface area contributed by atoms with Crippen LogP contribution in [0.1, 0.15) is 31.8 Å². The number of nitrogens with one attached hydrogen (secondary N) is 2. The first-order valence-electron chi connectivity index (χ1n) is 9.04. The fraction of sp³-hybridized carbons (Fsp3) is 0.263. The number of carbonyl (C=O) groups is 2. The Bertz CT molecular complexity index is 862. The van der Waals surface area contributed by atoms with Crippen molar-refractivity contribution >= 4 is 19.0 Å². The van der Waals surface area contributed by atoms with Gasteiger partial charge < -0.3 is 36.6 Å². The van der Waals surface area contributed by atoms with Crippen LogP contribution >= 0.6 is 0 Å². The zero-order valence-corrected chi connectivity index (χ0v) is 15.7. The second kappa shape index (κ2) is 10.6. The maximum Gasteiger partial charge on any atom is 0.475 e. The molecule has 0 fully saturated rings. The number of aromatic hydroxyl groups is 1. The molecule has 29 heavy (non-hydrogen) atoms. The van der Waals surface area contributed by atoms with Gasteiger partial charge in [-0.15, -0.1) is 0 Å². The van der Waals surface area contributed by atoms with Gasteiger partial charge in [0.2, 0.25) is 0 Å². The van der Waals surface area contributed by atoms with Gasteiger partial charge in [-0.25, -0.2) is 4.79 Å². The van der Waals surface area contributed by atoms with Crippen LogP contribution in [0.3, 0.4) is 0 Å². The van der Waals surface area contributed by atoms with Gasteiger partial charge in [0.25, 0.3) is 5.91 Å². The molecule has 2 aromatic carbocycles. The maximum atomic E-state index is 12.6. The van der Waals surface area contributed by atoms with Gasteiger partial charge in [-0.2, -0.15) is 0 Å². The Morgan fingerprint density at radius 3 is 2.52 bits per heavy atom.